The van der Waals surface area contributed by atoms with Gasteiger partial charge in [0.2, 0.25) is 0 Å². The van der Waals surface area contributed by atoms with Gasteiger partial charge in [0.15, 0.2) is 0 Å². The highest BCUT2D eigenvalue weighted by atomic mass is 19.1. The third kappa shape index (κ3) is 3.06. The Labute approximate surface area is 101 Å². The fourth-order valence-corrected chi connectivity index (χ4v) is 1.60. The molecule has 0 aromatic heterocycles. The molecule has 2 rings (SSSR count). The topological polar surface area (TPSA) is 9.23 Å². The number of benzene rings is 2. The number of aryl methyl sites for hydroxylation is 2. The summed E-state index contributed by atoms with van der Waals surface area (Å²) in [5.41, 5.74) is 3.27. The van der Waals surface area contributed by atoms with Crippen molar-refractivity contribution in [3.63, 3.8) is 0 Å². The summed E-state index contributed by atoms with van der Waals surface area (Å²) in [5.74, 6) is 0.587. The molecule has 0 aliphatic rings. The fraction of sp³-hybridized carbons (Fsp3) is 0.200. The zero-order chi connectivity index (χ0) is 12.3. The molecule has 0 N–H and O–H groups in total. The zero-order valence-corrected chi connectivity index (χ0v) is 10.0. The van der Waals surface area contributed by atoms with Crippen molar-refractivity contribution < 1.29 is 9.13 Å². The van der Waals surface area contributed by atoms with E-state index in [1.807, 2.05) is 31.2 Å². The highest BCUT2D eigenvalue weighted by Crippen LogP contribution is 2.17. The van der Waals surface area contributed by atoms with Gasteiger partial charge in [-0.25, -0.2) is 4.39 Å². The first-order valence-corrected chi connectivity index (χ1v) is 5.59. The second-order valence-electron chi connectivity index (χ2n) is 4.16. The predicted molar refractivity (Wildman–Crippen MR) is 66.6 cm³/mol. The van der Waals surface area contributed by atoms with Gasteiger partial charge >= 0.3 is 0 Å². The smallest absolute Gasteiger partial charge is 0.123 e. The van der Waals surface area contributed by atoms with Gasteiger partial charge < -0.3 is 4.74 Å². The Hall–Kier alpha value is -1.83. The fourth-order valence-electron chi connectivity index (χ4n) is 1.60. The molecule has 0 spiro atoms. The van der Waals surface area contributed by atoms with Gasteiger partial charge in [0.05, 0.1) is 0 Å². The number of hydrogen-bond donors (Lipinski definition) is 0. The third-order valence-electron chi connectivity index (χ3n) is 2.77. The standard InChI is InChI=1S/C15H15FO/c1-11-6-7-15(8-12(11)2)17-10-13-4-3-5-14(16)9-13/h3-9H,10H2,1-2H3. The first-order valence-electron chi connectivity index (χ1n) is 5.59. The maximum absolute atomic E-state index is 13.0. The van der Waals surface area contributed by atoms with E-state index in [0.717, 1.165) is 11.3 Å². The molecule has 2 aromatic carbocycles. The third-order valence-corrected chi connectivity index (χ3v) is 2.77. The lowest BCUT2D eigenvalue weighted by molar-refractivity contribution is 0.305. The van der Waals surface area contributed by atoms with Crippen LogP contribution in [0.1, 0.15) is 16.7 Å². The Kier molecular flexibility index (Phi) is 3.43. The van der Waals surface area contributed by atoms with E-state index < -0.39 is 0 Å². The molecule has 0 saturated carbocycles. The van der Waals surface area contributed by atoms with E-state index in [1.54, 1.807) is 6.07 Å². The van der Waals surface area contributed by atoms with E-state index in [2.05, 4.69) is 6.92 Å². The van der Waals surface area contributed by atoms with Crippen molar-refractivity contribution in [1.29, 1.82) is 0 Å². The summed E-state index contributed by atoms with van der Waals surface area (Å²) in [6.07, 6.45) is 0. The van der Waals surface area contributed by atoms with Crippen LogP contribution in [0.3, 0.4) is 0 Å². The number of rotatable bonds is 3. The first-order chi connectivity index (χ1) is 8.15. The highest BCUT2D eigenvalue weighted by Gasteiger charge is 1.99. The molecule has 0 heterocycles. The first kappa shape index (κ1) is 11.6. The van der Waals surface area contributed by atoms with Crippen LogP contribution in [0.15, 0.2) is 42.5 Å². The Morgan fingerprint density at radius 2 is 1.82 bits per heavy atom. The van der Waals surface area contributed by atoms with Crippen LogP contribution >= 0.6 is 0 Å². The lowest BCUT2D eigenvalue weighted by Crippen LogP contribution is -1.96. The second-order valence-corrected chi connectivity index (χ2v) is 4.16. The average molecular weight is 230 g/mol. The van der Waals surface area contributed by atoms with Crippen LogP contribution < -0.4 is 4.74 Å². The van der Waals surface area contributed by atoms with Gasteiger partial charge in [-0.1, -0.05) is 18.2 Å². The largest absolute Gasteiger partial charge is 0.489 e. The molecule has 0 unspecified atom stereocenters. The molecule has 0 aliphatic heterocycles. The molecule has 0 atom stereocenters. The van der Waals surface area contributed by atoms with Gasteiger partial charge in [-0.15, -0.1) is 0 Å². The van der Waals surface area contributed by atoms with E-state index in [0.29, 0.717) is 6.61 Å². The summed E-state index contributed by atoms with van der Waals surface area (Å²) >= 11 is 0. The average Bonchev–Trinajstić information content (AvgIpc) is 2.31. The van der Waals surface area contributed by atoms with Crippen molar-refractivity contribution >= 4 is 0 Å². The molecule has 0 aliphatic carbocycles. The number of halogens is 1. The van der Waals surface area contributed by atoms with Crippen LogP contribution in [0.2, 0.25) is 0 Å². The Bertz CT molecular complexity index is 520. The molecule has 88 valence electrons. The van der Waals surface area contributed by atoms with E-state index >= 15 is 0 Å². The minimum atomic E-state index is -0.230. The van der Waals surface area contributed by atoms with E-state index in [1.165, 1.54) is 23.3 Å². The van der Waals surface area contributed by atoms with Crippen LogP contribution in [0.4, 0.5) is 4.39 Å². The van der Waals surface area contributed by atoms with Crippen LogP contribution in [0.5, 0.6) is 5.75 Å². The van der Waals surface area contributed by atoms with Crippen LogP contribution in [0.25, 0.3) is 0 Å². The molecule has 2 aromatic rings. The minimum absolute atomic E-state index is 0.230. The SMILES string of the molecule is Cc1ccc(OCc2cccc(F)c2)cc1C. The van der Waals surface area contributed by atoms with E-state index in [4.69, 9.17) is 4.74 Å². The molecule has 1 nitrogen and oxygen atoms in total. The Balaban J connectivity index is 2.05. The van der Waals surface area contributed by atoms with Crippen molar-refractivity contribution in [2.75, 3.05) is 0 Å². The van der Waals surface area contributed by atoms with Crippen molar-refractivity contribution in [2.24, 2.45) is 0 Å². The Morgan fingerprint density at radius 3 is 2.53 bits per heavy atom. The number of ether oxygens (including phenoxy) is 1. The molecular weight excluding hydrogens is 215 g/mol. The molecular formula is C15H15FO. The monoisotopic (exact) mass is 230 g/mol. The molecule has 0 amide bonds. The molecule has 0 fully saturated rings. The van der Waals surface area contributed by atoms with Crippen molar-refractivity contribution in [2.45, 2.75) is 20.5 Å². The maximum atomic E-state index is 13.0. The van der Waals surface area contributed by atoms with Crippen molar-refractivity contribution in [3.8, 4) is 5.75 Å². The van der Waals surface area contributed by atoms with Crippen LogP contribution in [-0.4, -0.2) is 0 Å². The predicted octanol–water partition coefficient (Wildman–Crippen LogP) is 4.02. The van der Waals surface area contributed by atoms with Gasteiger partial charge in [0.25, 0.3) is 0 Å². The van der Waals surface area contributed by atoms with E-state index in [-0.39, 0.29) is 5.82 Å². The van der Waals surface area contributed by atoms with Crippen LogP contribution in [-0.2, 0) is 6.61 Å². The van der Waals surface area contributed by atoms with E-state index in [9.17, 15) is 4.39 Å². The van der Waals surface area contributed by atoms with Gasteiger partial charge in [0.1, 0.15) is 18.2 Å². The highest BCUT2D eigenvalue weighted by molar-refractivity contribution is 5.34. The normalized spacial score (nSPS) is 10.3. The maximum Gasteiger partial charge on any atom is 0.123 e. The molecule has 2 heteroatoms. The summed E-state index contributed by atoms with van der Waals surface area (Å²) in [7, 11) is 0. The lowest BCUT2D eigenvalue weighted by atomic mass is 10.1. The number of hydrogen-bond acceptors (Lipinski definition) is 1. The van der Waals surface area contributed by atoms with Crippen LogP contribution in [0, 0.1) is 19.7 Å². The molecule has 0 saturated heterocycles. The van der Waals surface area contributed by atoms with Gasteiger partial charge in [-0.2, -0.15) is 0 Å². The van der Waals surface area contributed by atoms with Gasteiger partial charge in [0, 0.05) is 0 Å². The summed E-state index contributed by atoms with van der Waals surface area (Å²) in [6, 6.07) is 12.4. The Morgan fingerprint density at radius 1 is 1.00 bits per heavy atom. The zero-order valence-electron chi connectivity index (χ0n) is 10.0. The summed E-state index contributed by atoms with van der Waals surface area (Å²) in [5, 5.41) is 0. The molecule has 17 heavy (non-hydrogen) atoms. The second kappa shape index (κ2) is 5.00. The summed E-state index contributed by atoms with van der Waals surface area (Å²) in [6.45, 7) is 4.50. The molecule has 0 bridgehead atoms. The van der Waals surface area contributed by atoms with Gasteiger partial charge in [-0.3, -0.25) is 0 Å². The molecule has 0 radical (unpaired) electrons. The van der Waals surface area contributed by atoms with Crippen molar-refractivity contribution in [1.82, 2.24) is 0 Å². The summed E-state index contributed by atoms with van der Waals surface area (Å²) < 4.78 is 18.6. The summed E-state index contributed by atoms with van der Waals surface area (Å²) in [4.78, 5) is 0. The lowest BCUT2D eigenvalue weighted by Gasteiger charge is -2.08. The van der Waals surface area contributed by atoms with Crippen molar-refractivity contribution in [3.05, 3.63) is 65.0 Å². The quantitative estimate of drug-likeness (QED) is 0.773. The van der Waals surface area contributed by atoms with Gasteiger partial charge in [-0.05, 0) is 54.8 Å². The minimum Gasteiger partial charge on any atom is -0.489 e.